The number of nitrogens with zero attached hydrogens (tertiary/aromatic N) is 1. The number of aryl methyl sites for hydroxylation is 1. The first-order valence-corrected chi connectivity index (χ1v) is 8.43. The van der Waals surface area contributed by atoms with Crippen LogP contribution < -0.4 is 4.74 Å². The Morgan fingerprint density at radius 2 is 1.95 bits per heavy atom. The predicted molar refractivity (Wildman–Crippen MR) is 81.1 cm³/mol. The van der Waals surface area contributed by atoms with E-state index in [-0.39, 0.29) is 13.2 Å². The molecule has 0 aliphatic rings. The molecule has 0 bridgehead atoms. The molecular weight excluding hydrogens is 308 g/mol. The number of H-pyrrole nitrogens is 1. The van der Waals surface area contributed by atoms with Crippen LogP contribution in [0.1, 0.15) is 5.69 Å². The first-order chi connectivity index (χ1) is 10.3. The van der Waals surface area contributed by atoms with Crippen LogP contribution in [-0.4, -0.2) is 49.1 Å². The molecule has 2 N–H and O–H groups in total. The molecule has 8 heteroatoms. The lowest BCUT2D eigenvalue weighted by Gasteiger charge is -2.12. The molecule has 0 amide bonds. The second-order valence-electron chi connectivity index (χ2n) is 4.87. The van der Waals surface area contributed by atoms with E-state index in [1.54, 1.807) is 12.1 Å². The van der Waals surface area contributed by atoms with E-state index in [2.05, 4.69) is 14.2 Å². The van der Waals surface area contributed by atoms with Gasteiger partial charge in [-0.2, -0.15) is 8.42 Å². The van der Waals surface area contributed by atoms with Crippen LogP contribution in [0.4, 0.5) is 0 Å². The summed E-state index contributed by atoms with van der Waals surface area (Å²) in [4.78, 5) is 7.38. The van der Waals surface area contributed by atoms with Crippen LogP contribution in [0.3, 0.4) is 0 Å². The summed E-state index contributed by atoms with van der Waals surface area (Å²) in [5.41, 5.74) is 1.82. The van der Waals surface area contributed by atoms with Gasteiger partial charge in [0.1, 0.15) is 24.3 Å². The van der Waals surface area contributed by atoms with E-state index in [4.69, 9.17) is 4.74 Å². The summed E-state index contributed by atoms with van der Waals surface area (Å²) < 4.78 is 31.5. The van der Waals surface area contributed by atoms with Crippen LogP contribution in [0.25, 0.3) is 11.4 Å². The maximum atomic E-state index is 10.8. The van der Waals surface area contributed by atoms with E-state index in [1.165, 1.54) is 0 Å². The number of benzene rings is 1. The number of ether oxygens (including phenoxy) is 1. The molecule has 0 spiro atoms. The molecule has 1 unspecified atom stereocenters. The van der Waals surface area contributed by atoms with Gasteiger partial charge in [0.15, 0.2) is 0 Å². The van der Waals surface area contributed by atoms with Gasteiger partial charge < -0.3 is 14.8 Å². The van der Waals surface area contributed by atoms with Crippen molar-refractivity contribution in [2.24, 2.45) is 0 Å². The summed E-state index contributed by atoms with van der Waals surface area (Å²) in [5, 5.41) is 9.58. The number of aliphatic hydroxyl groups is 1. The van der Waals surface area contributed by atoms with Crippen molar-refractivity contribution in [3.05, 3.63) is 36.2 Å². The lowest BCUT2D eigenvalue weighted by molar-refractivity contribution is 0.0652. The highest BCUT2D eigenvalue weighted by Crippen LogP contribution is 2.19. The summed E-state index contributed by atoms with van der Waals surface area (Å²) in [6.07, 6.45) is 1.72. The van der Waals surface area contributed by atoms with Crippen molar-refractivity contribution < 1.29 is 22.4 Å². The number of aromatic nitrogens is 2. The van der Waals surface area contributed by atoms with Crippen LogP contribution >= 0.6 is 0 Å². The topological polar surface area (TPSA) is 102 Å². The minimum Gasteiger partial charge on any atom is -0.491 e. The average molecular weight is 326 g/mol. The van der Waals surface area contributed by atoms with Gasteiger partial charge in [0.05, 0.1) is 18.6 Å². The molecule has 22 heavy (non-hydrogen) atoms. The minimum atomic E-state index is -3.56. The molecule has 7 nitrogen and oxygen atoms in total. The SMILES string of the molecule is Cc1c[nH]c(-c2ccc(OCC(O)COS(C)(=O)=O)cc2)n1. The van der Waals surface area contributed by atoms with Crippen molar-refractivity contribution in [2.75, 3.05) is 19.5 Å². The Bertz CT molecular complexity index is 709. The lowest BCUT2D eigenvalue weighted by Crippen LogP contribution is -2.24. The monoisotopic (exact) mass is 326 g/mol. The number of nitrogens with one attached hydrogen (secondary N) is 1. The molecule has 0 saturated heterocycles. The van der Waals surface area contributed by atoms with Crippen LogP contribution in [0.2, 0.25) is 0 Å². The van der Waals surface area contributed by atoms with Crippen LogP contribution in [0.15, 0.2) is 30.5 Å². The summed E-state index contributed by atoms with van der Waals surface area (Å²) in [6, 6.07) is 7.18. The average Bonchev–Trinajstić information content (AvgIpc) is 2.89. The number of aliphatic hydroxyl groups excluding tert-OH is 1. The van der Waals surface area contributed by atoms with Crippen molar-refractivity contribution in [1.29, 1.82) is 0 Å². The highest BCUT2D eigenvalue weighted by molar-refractivity contribution is 7.85. The third-order valence-electron chi connectivity index (χ3n) is 2.75. The zero-order chi connectivity index (χ0) is 16.2. The summed E-state index contributed by atoms with van der Waals surface area (Å²) in [6.45, 7) is 1.51. The van der Waals surface area contributed by atoms with Crippen molar-refractivity contribution >= 4 is 10.1 Å². The van der Waals surface area contributed by atoms with Crippen molar-refractivity contribution in [3.8, 4) is 17.1 Å². The van der Waals surface area contributed by atoms with Crippen molar-refractivity contribution in [2.45, 2.75) is 13.0 Å². The van der Waals surface area contributed by atoms with E-state index in [0.29, 0.717) is 5.75 Å². The third-order valence-corrected chi connectivity index (χ3v) is 3.31. The van der Waals surface area contributed by atoms with Gasteiger partial charge in [0.25, 0.3) is 10.1 Å². The largest absolute Gasteiger partial charge is 0.491 e. The van der Waals surface area contributed by atoms with Gasteiger partial charge in [-0.05, 0) is 31.2 Å². The number of hydrogen-bond acceptors (Lipinski definition) is 6. The first-order valence-electron chi connectivity index (χ1n) is 6.61. The van der Waals surface area contributed by atoms with Gasteiger partial charge >= 0.3 is 0 Å². The van der Waals surface area contributed by atoms with E-state index in [1.807, 2.05) is 25.3 Å². The van der Waals surface area contributed by atoms with E-state index < -0.39 is 16.2 Å². The molecular formula is C14H18N2O5S. The Morgan fingerprint density at radius 1 is 1.27 bits per heavy atom. The molecule has 0 aliphatic carbocycles. The third kappa shape index (κ3) is 5.14. The maximum Gasteiger partial charge on any atom is 0.264 e. The quantitative estimate of drug-likeness (QED) is 0.739. The molecule has 1 atom stereocenters. The number of aromatic amines is 1. The molecule has 2 rings (SSSR count). The van der Waals surface area contributed by atoms with Crippen LogP contribution in [0, 0.1) is 6.92 Å². The van der Waals surface area contributed by atoms with E-state index in [9.17, 15) is 13.5 Å². The number of hydrogen-bond donors (Lipinski definition) is 2. The zero-order valence-electron chi connectivity index (χ0n) is 12.3. The molecule has 120 valence electrons. The molecule has 1 heterocycles. The molecule has 0 saturated carbocycles. The van der Waals surface area contributed by atoms with Gasteiger partial charge in [-0.1, -0.05) is 0 Å². The molecule has 0 radical (unpaired) electrons. The molecule has 1 aromatic carbocycles. The fourth-order valence-electron chi connectivity index (χ4n) is 1.71. The van der Waals surface area contributed by atoms with Gasteiger partial charge in [-0.15, -0.1) is 0 Å². The Hall–Kier alpha value is -1.90. The Labute approximate surface area is 129 Å². The highest BCUT2D eigenvalue weighted by Gasteiger charge is 2.10. The Balaban J connectivity index is 1.86. The Kier molecular flexibility index (Phi) is 5.17. The number of rotatable bonds is 7. The van der Waals surface area contributed by atoms with Crippen LogP contribution in [-0.2, 0) is 14.3 Å². The van der Waals surface area contributed by atoms with E-state index >= 15 is 0 Å². The fraction of sp³-hybridized carbons (Fsp3) is 0.357. The zero-order valence-corrected chi connectivity index (χ0v) is 13.1. The van der Waals surface area contributed by atoms with E-state index in [0.717, 1.165) is 23.3 Å². The number of imidazole rings is 1. The predicted octanol–water partition coefficient (Wildman–Crippen LogP) is 1.10. The summed E-state index contributed by atoms with van der Waals surface area (Å²) >= 11 is 0. The second kappa shape index (κ2) is 6.91. The lowest BCUT2D eigenvalue weighted by atomic mass is 10.2. The van der Waals surface area contributed by atoms with Gasteiger partial charge in [-0.3, -0.25) is 4.18 Å². The highest BCUT2D eigenvalue weighted by atomic mass is 32.2. The van der Waals surface area contributed by atoms with Gasteiger partial charge in [0.2, 0.25) is 0 Å². The Morgan fingerprint density at radius 3 is 2.50 bits per heavy atom. The maximum absolute atomic E-state index is 10.8. The molecule has 2 aromatic rings. The second-order valence-corrected chi connectivity index (χ2v) is 6.51. The first kappa shape index (κ1) is 16.5. The van der Waals surface area contributed by atoms with Crippen molar-refractivity contribution in [1.82, 2.24) is 9.97 Å². The molecule has 0 fully saturated rings. The minimum absolute atomic E-state index is 0.0608. The van der Waals surface area contributed by atoms with Crippen molar-refractivity contribution in [3.63, 3.8) is 0 Å². The normalized spacial score (nSPS) is 13.0. The van der Waals surface area contributed by atoms with Gasteiger partial charge in [-0.25, -0.2) is 4.98 Å². The van der Waals surface area contributed by atoms with Gasteiger partial charge in [0, 0.05) is 11.8 Å². The summed E-state index contributed by atoms with van der Waals surface area (Å²) in [7, 11) is -3.56. The smallest absolute Gasteiger partial charge is 0.264 e. The van der Waals surface area contributed by atoms with Crippen LogP contribution in [0.5, 0.6) is 5.75 Å². The molecule has 1 aromatic heterocycles. The molecule has 0 aliphatic heterocycles. The standard InChI is InChI=1S/C14H18N2O5S/c1-10-7-15-14(16-10)11-3-5-13(6-4-11)20-8-12(17)9-21-22(2,18)19/h3-7,12,17H,8-9H2,1-2H3,(H,15,16). The fourth-order valence-corrected chi connectivity index (χ4v) is 2.12. The summed E-state index contributed by atoms with van der Waals surface area (Å²) in [5.74, 6) is 1.33.